The molecular formula is C18H20FN. The molecule has 0 saturated heterocycles. The van der Waals surface area contributed by atoms with Crippen molar-refractivity contribution in [1.82, 2.24) is 5.32 Å². The number of halogens is 1. The van der Waals surface area contributed by atoms with Gasteiger partial charge in [0.15, 0.2) is 0 Å². The van der Waals surface area contributed by atoms with Crippen LogP contribution in [0, 0.1) is 5.82 Å². The van der Waals surface area contributed by atoms with Gasteiger partial charge >= 0.3 is 0 Å². The Morgan fingerprint density at radius 2 is 1.90 bits per heavy atom. The molecule has 0 unspecified atom stereocenters. The minimum Gasteiger partial charge on any atom is -0.316 e. The highest BCUT2D eigenvalue weighted by molar-refractivity contribution is 5.69. The standard InChI is InChI=1S/C18H20FN/c1-20-12-13-9-10-17(18(19)11-13)16-8-3-2-7-15(16)14-5-4-6-14/h2-3,7-11,14,20H,4-6,12H2,1H3. The summed E-state index contributed by atoms with van der Waals surface area (Å²) < 4.78 is 14.4. The van der Waals surface area contributed by atoms with Crippen molar-refractivity contribution in [3.8, 4) is 11.1 Å². The predicted octanol–water partition coefficient (Wildman–Crippen LogP) is 4.48. The van der Waals surface area contributed by atoms with E-state index in [4.69, 9.17) is 0 Å². The molecule has 0 bridgehead atoms. The quantitative estimate of drug-likeness (QED) is 0.863. The van der Waals surface area contributed by atoms with Gasteiger partial charge in [-0.15, -0.1) is 0 Å². The van der Waals surface area contributed by atoms with Gasteiger partial charge in [-0.1, -0.05) is 42.8 Å². The zero-order chi connectivity index (χ0) is 13.9. The number of nitrogens with one attached hydrogen (secondary N) is 1. The third-order valence-electron chi connectivity index (χ3n) is 4.21. The molecule has 0 aromatic heterocycles. The maximum atomic E-state index is 14.4. The van der Waals surface area contributed by atoms with Crippen molar-refractivity contribution in [1.29, 1.82) is 0 Å². The second-order valence-electron chi connectivity index (χ2n) is 5.56. The molecule has 1 saturated carbocycles. The first-order valence-corrected chi connectivity index (χ1v) is 7.32. The van der Waals surface area contributed by atoms with Crippen LogP contribution in [-0.2, 0) is 6.54 Å². The lowest BCUT2D eigenvalue weighted by atomic mass is 9.77. The number of hydrogen-bond acceptors (Lipinski definition) is 1. The van der Waals surface area contributed by atoms with Crippen LogP contribution in [0.1, 0.15) is 36.3 Å². The van der Waals surface area contributed by atoms with E-state index in [1.54, 1.807) is 6.07 Å². The Bertz CT molecular complexity index is 602. The van der Waals surface area contributed by atoms with E-state index in [1.807, 2.05) is 31.3 Å². The monoisotopic (exact) mass is 269 g/mol. The minimum absolute atomic E-state index is 0.121. The van der Waals surface area contributed by atoms with E-state index in [2.05, 4.69) is 17.4 Å². The summed E-state index contributed by atoms with van der Waals surface area (Å²) in [6, 6.07) is 13.8. The Labute approximate surface area is 119 Å². The molecule has 1 fully saturated rings. The normalized spacial score (nSPS) is 15.1. The van der Waals surface area contributed by atoms with Crippen LogP contribution in [0.3, 0.4) is 0 Å². The maximum absolute atomic E-state index is 14.4. The Kier molecular flexibility index (Phi) is 3.83. The van der Waals surface area contributed by atoms with E-state index in [0.29, 0.717) is 12.5 Å². The van der Waals surface area contributed by atoms with Gasteiger partial charge in [-0.05, 0) is 48.6 Å². The largest absolute Gasteiger partial charge is 0.316 e. The van der Waals surface area contributed by atoms with Crippen LogP contribution < -0.4 is 5.32 Å². The molecule has 0 aliphatic heterocycles. The zero-order valence-electron chi connectivity index (χ0n) is 11.8. The van der Waals surface area contributed by atoms with Crippen molar-refractivity contribution in [3.63, 3.8) is 0 Å². The maximum Gasteiger partial charge on any atom is 0.131 e. The molecule has 0 amide bonds. The summed E-state index contributed by atoms with van der Waals surface area (Å²) in [6.45, 7) is 0.696. The van der Waals surface area contributed by atoms with E-state index < -0.39 is 0 Å². The van der Waals surface area contributed by atoms with Crippen molar-refractivity contribution in [2.75, 3.05) is 7.05 Å². The average molecular weight is 269 g/mol. The van der Waals surface area contributed by atoms with E-state index in [-0.39, 0.29) is 5.82 Å². The SMILES string of the molecule is CNCc1ccc(-c2ccccc2C2CCC2)c(F)c1. The van der Waals surface area contributed by atoms with Gasteiger partial charge in [-0.3, -0.25) is 0 Å². The smallest absolute Gasteiger partial charge is 0.131 e. The minimum atomic E-state index is -0.121. The first-order chi connectivity index (χ1) is 9.79. The van der Waals surface area contributed by atoms with E-state index in [0.717, 1.165) is 16.7 Å². The van der Waals surface area contributed by atoms with Crippen molar-refractivity contribution < 1.29 is 4.39 Å². The fourth-order valence-electron chi connectivity index (χ4n) is 2.91. The van der Waals surface area contributed by atoms with Gasteiger partial charge in [0.1, 0.15) is 5.82 Å². The highest BCUT2D eigenvalue weighted by Crippen LogP contribution is 2.41. The van der Waals surface area contributed by atoms with Crippen LogP contribution in [0.15, 0.2) is 42.5 Å². The molecule has 2 heteroatoms. The lowest BCUT2D eigenvalue weighted by Crippen LogP contribution is -2.10. The van der Waals surface area contributed by atoms with Gasteiger partial charge in [-0.25, -0.2) is 4.39 Å². The summed E-state index contributed by atoms with van der Waals surface area (Å²) in [7, 11) is 1.87. The summed E-state index contributed by atoms with van der Waals surface area (Å²) >= 11 is 0. The molecule has 1 nitrogen and oxygen atoms in total. The summed E-state index contributed by atoms with van der Waals surface area (Å²) in [5, 5.41) is 3.05. The molecule has 20 heavy (non-hydrogen) atoms. The highest BCUT2D eigenvalue weighted by Gasteiger charge is 2.23. The number of rotatable bonds is 4. The van der Waals surface area contributed by atoms with Crippen molar-refractivity contribution >= 4 is 0 Å². The summed E-state index contributed by atoms with van der Waals surface area (Å²) in [6.07, 6.45) is 3.76. The molecule has 104 valence electrons. The van der Waals surface area contributed by atoms with Crippen LogP contribution in [0.2, 0.25) is 0 Å². The second kappa shape index (κ2) is 5.76. The molecule has 2 aromatic rings. The number of hydrogen-bond donors (Lipinski definition) is 1. The fourth-order valence-corrected chi connectivity index (χ4v) is 2.91. The lowest BCUT2D eigenvalue weighted by molar-refractivity contribution is 0.420. The highest BCUT2D eigenvalue weighted by atomic mass is 19.1. The molecule has 1 aliphatic rings. The Hall–Kier alpha value is -1.67. The van der Waals surface area contributed by atoms with Gasteiger partial charge in [0.05, 0.1) is 0 Å². The van der Waals surface area contributed by atoms with Gasteiger partial charge in [0.25, 0.3) is 0 Å². The molecule has 1 aliphatic carbocycles. The summed E-state index contributed by atoms with van der Waals surface area (Å²) in [5.41, 5.74) is 4.08. The van der Waals surface area contributed by atoms with Crippen molar-refractivity contribution in [2.45, 2.75) is 31.7 Å². The summed E-state index contributed by atoms with van der Waals surface area (Å²) in [4.78, 5) is 0. The zero-order valence-corrected chi connectivity index (χ0v) is 11.8. The Balaban J connectivity index is 2.00. The third kappa shape index (κ3) is 2.48. The van der Waals surface area contributed by atoms with Gasteiger partial charge in [-0.2, -0.15) is 0 Å². The number of benzene rings is 2. The van der Waals surface area contributed by atoms with Crippen LogP contribution in [0.25, 0.3) is 11.1 Å². The fraction of sp³-hybridized carbons (Fsp3) is 0.333. The molecule has 2 aromatic carbocycles. The van der Waals surface area contributed by atoms with Crippen LogP contribution in [0.5, 0.6) is 0 Å². The first kappa shape index (κ1) is 13.3. The first-order valence-electron chi connectivity index (χ1n) is 7.32. The van der Waals surface area contributed by atoms with Crippen LogP contribution in [-0.4, -0.2) is 7.05 Å². The second-order valence-corrected chi connectivity index (χ2v) is 5.56. The molecule has 1 N–H and O–H groups in total. The third-order valence-corrected chi connectivity index (χ3v) is 4.21. The van der Waals surface area contributed by atoms with Crippen LogP contribution >= 0.6 is 0 Å². The predicted molar refractivity (Wildman–Crippen MR) is 81.2 cm³/mol. The Morgan fingerprint density at radius 3 is 2.55 bits per heavy atom. The molecule has 0 atom stereocenters. The van der Waals surface area contributed by atoms with Crippen molar-refractivity contribution in [2.24, 2.45) is 0 Å². The Morgan fingerprint density at radius 1 is 1.10 bits per heavy atom. The van der Waals surface area contributed by atoms with Gasteiger partial charge in [0.2, 0.25) is 0 Å². The molecule has 3 rings (SSSR count). The molecular weight excluding hydrogens is 249 g/mol. The topological polar surface area (TPSA) is 12.0 Å². The summed E-state index contributed by atoms with van der Waals surface area (Å²) in [5.74, 6) is 0.493. The van der Waals surface area contributed by atoms with E-state index >= 15 is 0 Å². The average Bonchev–Trinajstić information content (AvgIpc) is 2.38. The lowest BCUT2D eigenvalue weighted by Gasteiger charge is -2.28. The molecule has 0 radical (unpaired) electrons. The van der Waals surface area contributed by atoms with E-state index in [1.165, 1.54) is 24.8 Å². The van der Waals surface area contributed by atoms with E-state index in [9.17, 15) is 4.39 Å². The van der Waals surface area contributed by atoms with Crippen LogP contribution in [0.4, 0.5) is 4.39 Å². The van der Waals surface area contributed by atoms with Gasteiger partial charge in [0, 0.05) is 12.1 Å². The molecule has 0 spiro atoms. The van der Waals surface area contributed by atoms with Crippen molar-refractivity contribution in [3.05, 3.63) is 59.4 Å². The van der Waals surface area contributed by atoms with Gasteiger partial charge < -0.3 is 5.32 Å². The molecule has 0 heterocycles.